The van der Waals surface area contributed by atoms with Gasteiger partial charge in [0.15, 0.2) is 11.6 Å². The highest BCUT2D eigenvalue weighted by molar-refractivity contribution is 6.21. The number of allylic oxidation sites excluding steroid dienone is 1. The van der Waals surface area contributed by atoms with E-state index >= 15 is 0 Å². The molecule has 0 radical (unpaired) electrons. The van der Waals surface area contributed by atoms with Crippen LogP contribution in [0.15, 0.2) is 12.2 Å². The summed E-state index contributed by atoms with van der Waals surface area (Å²) >= 11 is 0. The highest BCUT2D eigenvalue weighted by atomic mass is 16.1. The van der Waals surface area contributed by atoms with Gasteiger partial charge in [-0.05, 0) is 31.3 Å². The Morgan fingerprint density at radius 2 is 1.57 bits per heavy atom. The molecular weight excluding hydrogens is 178 g/mol. The van der Waals surface area contributed by atoms with Crippen molar-refractivity contribution in [3.63, 3.8) is 0 Å². The Hall–Kier alpha value is -0.960. The zero-order chi connectivity index (χ0) is 10.2. The second kappa shape index (κ2) is 3.31. The molecule has 1 saturated carbocycles. The van der Waals surface area contributed by atoms with Gasteiger partial charge in [-0.25, -0.2) is 0 Å². The molecule has 1 aliphatic heterocycles. The molecule has 0 unspecified atom stereocenters. The van der Waals surface area contributed by atoms with Gasteiger partial charge in [-0.2, -0.15) is 0 Å². The minimum atomic E-state index is -0.0411. The normalized spacial score (nSPS) is 27.0. The van der Waals surface area contributed by atoms with Crippen LogP contribution in [0.3, 0.4) is 0 Å². The summed E-state index contributed by atoms with van der Waals surface area (Å²) in [7, 11) is 0. The molecule has 0 aromatic carbocycles. The number of carbonyl (C=O) groups excluding carboxylic acids is 2. The highest BCUT2D eigenvalue weighted by Gasteiger charge is 2.41. The molecule has 2 rings (SSSR count). The zero-order valence-corrected chi connectivity index (χ0v) is 8.27. The summed E-state index contributed by atoms with van der Waals surface area (Å²) in [5.41, 5.74) is 0.176. The van der Waals surface area contributed by atoms with Gasteiger partial charge in [0.2, 0.25) is 0 Å². The molecule has 1 spiro atoms. The number of hydrogen-bond donors (Lipinski definition) is 1. The molecule has 0 aromatic heterocycles. The van der Waals surface area contributed by atoms with Crippen molar-refractivity contribution < 1.29 is 9.59 Å². The summed E-state index contributed by atoms with van der Waals surface area (Å²) < 4.78 is 0. The van der Waals surface area contributed by atoms with E-state index in [4.69, 9.17) is 0 Å². The van der Waals surface area contributed by atoms with Gasteiger partial charge in [0.25, 0.3) is 0 Å². The summed E-state index contributed by atoms with van der Waals surface area (Å²) in [6.07, 6.45) is 2.94. The van der Waals surface area contributed by atoms with Crippen molar-refractivity contribution >= 4 is 11.6 Å². The maximum absolute atomic E-state index is 11.5. The van der Waals surface area contributed by atoms with Crippen molar-refractivity contribution in [2.24, 2.45) is 5.41 Å². The molecule has 0 amide bonds. The predicted octanol–water partition coefficient (Wildman–Crippen LogP) is 0.844. The van der Waals surface area contributed by atoms with E-state index in [0.717, 1.165) is 25.9 Å². The van der Waals surface area contributed by atoms with Crippen LogP contribution >= 0.6 is 0 Å². The van der Waals surface area contributed by atoms with Crippen LogP contribution in [0, 0.1) is 5.41 Å². The summed E-state index contributed by atoms with van der Waals surface area (Å²) in [5.74, 6) is -0.0775. The Bertz CT molecular complexity index is 278. The topological polar surface area (TPSA) is 46.2 Å². The Morgan fingerprint density at radius 1 is 1.07 bits per heavy atom. The quantitative estimate of drug-likeness (QED) is 0.458. The van der Waals surface area contributed by atoms with Crippen LogP contribution in [0.25, 0.3) is 0 Å². The van der Waals surface area contributed by atoms with Crippen LogP contribution < -0.4 is 5.32 Å². The van der Waals surface area contributed by atoms with E-state index in [1.54, 1.807) is 0 Å². The first-order valence-electron chi connectivity index (χ1n) is 5.09. The lowest BCUT2D eigenvalue weighted by Crippen LogP contribution is -2.43. The molecule has 1 heterocycles. The SMILES string of the molecule is C=C1C(=O)CC2(CCNCC2)CC1=O. The van der Waals surface area contributed by atoms with Crippen molar-refractivity contribution in [2.45, 2.75) is 25.7 Å². The van der Waals surface area contributed by atoms with Gasteiger partial charge in [0.1, 0.15) is 0 Å². The number of rotatable bonds is 0. The van der Waals surface area contributed by atoms with Gasteiger partial charge in [0.05, 0.1) is 5.57 Å². The van der Waals surface area contributed by atoms with E-state index in [1.807, 2.05) is 0 Å². The third kappa shape index (κ3) is 1.52. The Morgan fingerprint density at radius 3 is 2.07 bits per heavy atom. The van der Waals surface area contributed by atoms with E-state index in [9.17, 15) is 9.59 Å². The molecule has 1 aliphatic carbocycles. The molecule has 3 heteroatoms. The lowest BCUT2D eigenvalue weighted by atomic mass is 9.66. The number of Topliss-reactive ketones (excluding diaryl/α,β-unsaturated/α-hetero) is 2. The van der Waals surface area contributed by atoms with Gasteiger partial charge in [-0.3, -0.25) is 9.59 Å². The third-order valence-electron chi connectivity index (χ3n) is 3.41. The maximum atomic E-state index is 11.5. The number of piperidine rings is 1. The fourth-order valence-electron chi connectivity index (χ4n) is 2.42. The molecule has 14 heavy (non-hydrogen) atoms. The summed E-state index contributed by atoms with van der Waals surface area (Å²) in [6, 6.07) is 0. The number of nitrogens with one attached hydrogen (secondary N) is 1. The largest absolute Gasteiger partial charge is 0.317 e. The third-order valence-corrected chi connectivity index (χ3v) is 3.41. The van der Waals surface area contributed by atoms with Crippen molar-refractivity contribution in [1.82, 2.24) is 5.32 Å². The second-order valence-electron chi connectivity index (χ2n) is 4.43. The molecular formula is C11H15NO2. The monoisotopic (exact) mass is 193 g/mol. The molecule has 0 aromatic rings. The first-order chi connectivity index (χ1) is 6.63. The van der Waals surface area contributed by atoms with E-state index < -0.39 is 0 Å². The molecule has 2 aliphatic rings. The number of hydrogen-bond acceptors (Lipinski definition) is 3. The molecule has 76 valence electrons. The van der Waals surface area contributed by atoms with E-state index in [1.165, 1.54) is 0 Å². The summed E-state index contributed by atoms with van der Waals surface area (Å²) in [5, 5.41) is 3.25. The molecule has 1 saturated heterocycles. The average Bonchev–Trinajstić information content (AvgIpc) is 2.15. The lowest BCUT2D eigenvalue weighted by Gasteiger charge is -2.39. The van der Waals surface area contributed by atoms with E-state index in [2.05, 4.69) is 11.9 Å². The Balaban J connectivity index is 2.18. The van der Waals surface area contributed by atoms with Gasteiger partial charge in [-0.1, -0.05) is 6.58 Å². The zero-order valence-electron chi connectivity index (χ0n) is 8.27. The molecule has 0 bridgehead atoms. The van der Waals surface area contributed by atoms with Crippen LogP contribution in [-0.4, -0.2) is 24.7 Å². The standard InChI is InChI=1S/C11H15NO2/c1-8-9(13)6-11(7-10(8)14)2-4-12-5-3-11/h12H,1-7H2. The van der Waals surface area contributed by atoms with Crippen LogP contribution in [0.2, 0.25) is 0 Å². The predicted molar refractivity (Wildman–Crippen MR) is 52.9 cm³/mol. The minimum Gasteiger partial charge on any atom is -0.317 e. The van der Waals surface area contributed by atoms with Gasteiger partial charge < -0.3 is 5.32 Å². The second-order valence-corrected chi connectivity index (χ2v) is 4.43. The Labute approximate surface area is 83.6 Å². The van der Waals surface area contributed by atoms with Crippen LogP contribution in [0.5, 0.6) is 0 Å². The summed E-state index contributed by atoms with van der Waals surface area (Å²) in [6.45, 7) is 5.39. The van der Waals surface area contributed by atoms with E-state index in [-0.39, 0.29) is 22.6 Å². The maximum Gasteiger partial charge on any atom is 0.166 e. The van der Waals surface area contributed by atoms with Crippen molar-refractivity contribution in [3.05, 3.63) is 12.2 Å². The van der Waals surface area contributed by atoms with Crippen LogP contribution in [0.1, 0.15) is 25.7 Å². The van der Waals surface area contributed by atoms with Crippen LogP contribution in [-0.2, 0) is 9.59 Å². The average molecular weight is 193 g/mol. The van der Waals surface area contributed by atoms with Crippen molar-refractivity contribution in [2.75, 3.05) is 13.1 Å². The van der Waals surface area contributed by atoms with Crippen molar-refractivity contribution in [1.29, 1.82) is 0 Å². The fraction of sp³-hybridized carbons (Fsp3) is 0.636. The van der Waals surface area contributed by atoms with Crippen molar-refractivity contribution in [3.8, 4) is 0 Å². The summed E-state index contributed by atoms with van der Waals surface area (Å²) in [4.78, 5) is 23.1. The van der Waals surface area contributed by atoms with E-state index in [0.29, 0.717) is 12.8 Å². The van der Waals surface area contributed by atoms with Gasteiger partial charge >= 0.3 is 0 Å². The Kier molecular flexibility index (Phi) is 2.27. The number of ketones is 2. The minimum absolute atomic E-state index is 0.0387. The smallest absolute Gasteiger partial charge is 0.166 e. The first kappa shape index (κ1) is 9.59. The molecule has 1 N–H and O–H groups in total. The first-order valence-corrected chi connectivity index (χ1v) is 5.09. The van der Waals surface area contributed by atoms with Gasteiger partial charge in [-0.15, -0.1) is 0 Å². The van der Waals surface area contributed by atoms with Crippen LogP contribution in [0.4, 0.5) is 0 Å². The fourth-order valence-corrected chi connectivity index (χ4v) is 2.42. The highest BCUT2D eigenvalue weighted by Crippen LogP contribution is 2.41. The van der Waals surface area contributed by atoms with Gasteiger partial charge in [0, 0.05) is 12.8 Å². The lowest BCUT2D eigenvalue weighted by molar-refractivity contribution is -0.129. The molecule has 2 fully saturated rings. The molecule has 0 atom stereocenters. The molecule has 3 nitrogen and oxygen atoms in total. The number of carbonyl (C=O) groups is 2.